The molecule has 2 aromatic carbocycles. The molecule has 0 saturated heterocycles. The fourth-order valence-corrected chi connectivity index (χ4v) is 4.15. The molecule has 0 aliphatic carbocycles. The first-order valence-corrected chi connectivity index (χ1v) is 11.5. The number of Topliss-reactive ketones (excluding diaryl/α,β-unsaturated/α-hetero) is 1. The largest absolute Gasteiger partial charge is 0.394 e. The van der Waals surface area contributed by atoms with Crippen LogP contribution in [-0.4, -0.2) is 39.6 Å². The molecular formula is C23H23BrN2O4S. The normalized spacial score (nSPS) is 12.9. The number of anilines is 1. The van der Waals surface area contributed by atoms with Gasteiger partial charge in [-0.15, -0.1) is 11.3 Å². The Hall–Kier alpha value is -2.39. The number of hydrogen-bond acceptors (Lipinski definition) is 6. The average Bonchev–Trinajstić information content (AvgIpc) is 3.29. The van der Waals surface area contributed by atoms with Crippen LogP contribution in [0.2, 0.25) is 0 Å². The van der Waals surface area contributed by atoms with Gasteiger partial charge in [-0.25, -0.2) is 4.98 Å². The molecule has 8 heteroatoms. The predicted molar refractivity (Wildman–Crippen MR) is 124 cm³/mol. The zero-order chi connectivity index (χ0) is 22.2. The molecule has 0 saturated carbocycles. The Morgan fingerprint density at radius 1 is 1.16 bits per heavy atom. The first kappa shape index (κ1) is 23.3. The number of carbonyl (C=O) groups excluding carboxylic acids is 2. The van der Waals surface area contributed by atoms with E-state index < -0.39 is 12.0 Å². The number of halogens is 1. The second kappa shape index (κ2) is 11.3. The standard InChI is InChI=1S/C23H23BrN2O4S/c24-17-7-6-16(19(13-17)21(29)9-8-18(28)14-27)12-20(15-4-2-1-3-5-15)22(30)26-23-25-10-11-31-23/h1-7,10-11,13,18,20,27-28H,8-9,12,14H2,(H,25,26,30). The molecule has 31 heavy (non-hydrogen) atoms. The van der Waals surface area contributed by atoms with E-state index in [4.69, 9.17) is 5.11 Å². The van der Waals surface area contributed by atoms with E-state index in [9.17, 15) is 14.7 Å². The summed E-state index contributed by atoms with van der Waals surface area (Å²) in [5, 5.41) is 23.8. The van der Waals surface area contributed by atoms with Gasteiger partial charge in [-0.1, -0.05) is 52.3 Å². The van der Waals surface area contributed by atoms with Crippen LogP contribution in [0, 0.1) is 0 Å². The van der Waals surface area contributed by atoms with Crippen LogP contribution in [0.25, 0.3) is 0 Å². The Kier molecular flexibility index (Phi) is 8.48. The van der Waals surface area contributed by atoms with E-state index in [1.807, 2.05) is 42.5 Å². The summed E-state index contributed by atoms with van der Waals surface area (Å²) in [6, 6.07) is 14.9. The molecule has 1 amide bonds. The number of thiazole rings is 1. The van der Waals surface area contributed by atoms with Gasteiger partial charge in [0.2, 0.25) is 5.91 Å². The summed E-state index contributed by atoms with van der Waals surface area (Å²) in [5.41, 5.74) is 2.09. The molecule has 6 nitrogen and oxygen atoms in total. The number of nitrogens with zero attached hydrogens (tertiary/aromatic N) is 1. The van der Waals surface area contributed by atoms with Crippen molar-refractivity contribution in [1.82, 2.24) is 4.98 Å². The molecule has 0 aliphatic heterocycles. The van der Waals surface area contributed by atoms with Crippen LogP contribution < -0.4 is 5.32 Å². The van der Waals surface area contributed by atoms with Gasteiger partial charge in [0.15, 0.2) is 10.9 Å². The van der Waals surface area contributed by atoms with Crippen LogP contribution in [0.1, 0.15) is 40.2 Å². The molecule has 3 N–H and O–H groups in total. The zero-order valence-electron chi connectivity index (χ0n) is 16.7. The summed E-state index contributed by atoms with van der Waals surface area (Å²) in [6.07, 6.45) is 1.31. The summed E-state index contributed by atoms with van der Waals surface area (Å²) in [5.74, 6) is -0.852. The van der Waals surface area contributed by atoms with Gasteiger partial charge in [-0.3, -0.25) is 9.59 Å². The topological polar surface area (TPSA) is 99.5 Å². The molecule has 0 fully saturated rings. The molecule has 1 aromatic heterocycles. The van der Waals surface area contributed by atoms with Crippen LogP contribution in [-0.2, 0) is 11.2 Å². The van der Waals surface area contributed by atoms with E-state index in [1.54, 1.807) is 17.6 Å². The maximum atomic E-state index is 13.1. The molecule has 2 atom stereocenters. The predicted octanol–water partition coefficient (Wildman–Crippen LogP) is 4.19. The van der Waals surface area contributed by atoms with Crippen LogP contribution >= 0.6 is 27.3 Å². The van der Waals surface area contributed by atoms with Crippen molar-refractivity contribution >= 4 is 44.1 Å². The number of nitrogens with one attached hydrogen (secondary N) is 1. The van der Waals surface area contributed by atoms with Gasteiger partial charge in [0.05, 0.1) is 18.6 Å². The number of rotatable bonds is 10. The Bertz CT molecular complexity index is 1010. The van der Waals surface area contributed by atoms with Gasteiger partial charge >= 0.3 is 0 Å². The van der Waals surface area contributed by atoms with Gasteiger partial charge in [-0.05, 0) is 36.1 Å². The lowest BCUT2D eigenvalue weighted by Gasteiger charge is -2.19. The molecule has 3 aromatic rings. The summed E-state index contributed by atoms with van der Waals surface area (Å²) in [7, 11) is 0. The molecule has 3 rings (SSSR count). The second-order valence-corrected chi connectivity index (χ2v) is 8.90. The average molecular weight is 503 g/mol. The van der Waals surface area contributed by atoms with Crippen molar-refractivity contribution < 1.29 is 19.8 Å². The number of ketones is 1. The van der Waals surface area contributed by atoms with E-state index >= 15 is 0 Å². The Labute approximate surface area is 193 Å². The van der Waals surface area contributed by atoms with Crippen molar-refractivity contribution in [3.8, 4) is 0 Å². The fourth-order valence-electron chi connectivity index (χ4n) is 3.25. The van der Waals surface area contributed by atoms with Crippen LogP contribution in [0.15, 0.2) is 64.6 Å². The van der Waals surface area contributed by atoms with Gasteiger partial charge in [-0.2, -0.15) is 0 Å². The smallest absolute Gasteiger partial charge is 0.234 e. The molecule has 1 heterocycles. The number of benzene rings is 2. The molecule has 2 unspecified atom stereocenters. The van der Waals surface area contributed by atoms with Crippen molar-refractivity contribution in [3.05, 3.63) is 81.3 Å². The van der Waals surface area contributed by atoms with Crippen molar-refractivity contribution in [2.24, 2.45) is 0 Å². The van der Waals surface area contributed by atoms with E-state index in [-0.39, 0.29) is 31.1 Å². The maximum Gasteiger partial charge on any atom is 0.234 e. The van der Waals surface area contributed by atoms with Crippen LogP contribution in [0.5, 0.6) is 0 Å². The number of aromatic nitrogens is 1. The Morgan fingerprint density at radius 2 is 1.94 bits per heavy atom. The summed E-state index contributed by atoms with van der Waals surface area (Å²) in [4.78, 5) is 30.1. The van der Waals surface area contributed by atoms with Gasteiger partial charge in [0, 0.05) is 28.0 Å². The highest BCUT2D eigenvalue weighted by Crippen LogP contribution is 2.28. The minimum absolute atomic E-state index is 0.104. The lowest BCUT2D eigenvalue weighted by Crippen LogP contribution is -2.24. The molecular weight excluding hydrogens is 480 g/mol. The number of aliphatic hydroxyl groups excluding tert-OH is 2. The number of carbonyl (C=O) groups is 2. The van der Waals surface area contributed by atoms with Crippen molar-refractivity contribution in [2.45, 2.75) is 31.3 Å². The van der Waals surface area contributed by atoms with Crippen molar-refractivity contribution in [3.63, 3.8) is 0 Å². The van der Waals surface area contributed by atoms with Crippen LogP contribution in [0.4, 0.5) is 5.13 Å². The van der Waals surface area contributed by atoms with E-state index in [2.05, 4.69) is 26.2 Å². The first-order chi connectivity index (χ1) is 15.0. The van der Waals surface area contributed by atoms with E-state index in [0.29, 0.717) is 17.1 Å². The minimum atomic E-state index is -0.930. The monoisotopic (exact) mass is 502 g/mol. The summed E-state index contributed by atoms with van der Waals surface area (Å²) < 4.78 is 0.755. The Balaban J connectivity index is 1.88. The third kappa shape index (κ3) is 6.54. The maximum absolute atomic E-state index is 13.1. The summed E-state index contributed by atoms with van der Waals surface area (Å²) >= 11 is 4.75. The third-order valence-corrected chi connectivity index (χ3v) is 6.07. The fraction of sp³-hybridized carbons (Fsp3) is 0.261. The van der Waals surface area contributed by atoms with Crippen molar-refractivity contribution in [2.75, 3.05) is 11.9 Å². The number of aliphatic hydroxyl groups is 2. The highest BCUT2D eigenvalue weighted by Gasteiger charge is 2.24. The number of amides is 1. The van der Waals surface area contributed by atoms with Gasteiger partial charge < -0.3 is 15.5 Å². The second-order valence-electron chi connectivity index (χ2n) is 7.09. The van der Waals surface area contributed by atoms with Gasteiger partial charge in [0.25, 0.3) is 0 Å². The molecule has 162 valence electrons. The highest BCUT2D eigenvalue weighted by molar-refractivity contribution is 9.10. The highest BCUT2D eigenvalue weighted by atomic mass is 79.9. The molecule has 0 spiro atoms. The van der Waals surface area contributed by atoms with Crippen molar-refractivity contribution in [1.29, 1.82) is 0 Å². The number of hydrogen-bond donors (Lipinski definition) is 3. The molecule has 0 aliphatic rings. The third-order valence-electron chi connectivity index (χ3n) is 4.89. The van der Waals surface area contributed by atoms with E-state index in [1.165, 1.54) is 11.3 Å². The molecule has 0 bridgehead atoms. The molecule has 0 radical (unpaired) electrons. The SMILES string of the molecule is O=C(CCC(O)CO)c1cc(Br)ccc1CC(C(=O)Nc1nccs1)c1ccccc1. The summed E-state index contributed by atoms with van der Waals surface area (Å²) in [6.45, 7) is -0.383. The van der Waals surface area contributed by atoms with E-state index in [0.717, 1.165) is 15.6 Å². The Morgan fingerprint density at radius 3 is 2.61 bits per heavy atom. The van der Waals surface area contributed by atoms with Crippen LogP contribution in [0.3, 0.4) is 0 Å². The minimum Gasteiger partial charge on any atom is -0.394 e. The first-order valence-electron chi connectivity index (χ1n) is 9.83. The van der Waals surface area contributed by atoms with Gasteiger partial charge in [0.1, 0.15) is 0 Å². The lowest BCUT2D eigenvalue weighted by atomic mass is 9.87. The zero-order valence-corrected chi connectivity index (χ0v) is 19.1. The quantitative estimate of drug-likeness (QED) is 0.361. The lowest BCUT2D eigenvalue weighted by molar-refractivity contribution is -0.117.